The molecule has 2 unspecified atom stereocenters. The summed E-state index contributed by atoms with van der Waals surface area (Å²) >= 11 is 3.48. The summed E-state index contributed by atoms with van der Waals surface area (Å²) in [6.07, 6.45) is 2.61. The maximum atomic E-state index is 11.4. The lowest BCUT2D eigenvalue weighted by Gasteiger charge is -2.15. The quantitative estimate of drug-likeness (QED) is 0.734. The number of hydrogen-bond donors (Lipinski definition) is 1. The second kappa shape index (κ2) is 7.27. The van der Waals surface area contributed by atoms with E-state index >= 15 is 0 Å². The highest BCUT2D eigenvalue weighted by Crippen LogP contribution is 2.08. The van der Waals surface area contributed by atoms with Crippen molar-refractivity contribution >= 4 is 21.8 Å². The van der Waals surface area contributed by atoms with Crippen LogP contribution >= 0.6 is 15.9 Å². The fourth-order valence-electron chi connectivity index (χ4n) is 1.31. The minimum atomic E-state index is 0.180. The van der Waals surface area contributed by atoms with Crippen LogP contribution in [0.5, 0.6) is 0 Å². The van der Waals surface area contributed by atoms with Gasteiger partial charge in [0, 0.05) is 17.3 Å². The third-order valence-corrected chi connectivity index (χ3v) is 2.41. The molecule has 2 nitrogen and oxygen atoms in total. The summed E-state index contributed by atoms with van der Waals surface area (Å²) in [5, 5.41) is 3.00. The average Bonchev–Trinajstić information content (AvgIpc) is 1.98. The van der Waals surface area contributed by atoms with E-state index in [4.69, 9.17) is 0 Å². The Kier molecular flexibility index (Phi) is 7.24. The molecular formula is C11H22BrNO. The van der Waals surface area contributed by atoms with Crippen molar-refractivity contribution in [1.82, 2.24) is 5.32 Å². The Bertz CT molecular complexity index is 169. The Hall–Kier alpha value is -0.0500. The zero-order chi connectivity index (χ0) is 11.1. The summed E-state index contributed by atoms with van der Waals surface area (Å²) in [6.45, 7) is 8.41. The molecule has 0 radical (unpaired) electrons. The monoisotopic (exact) mass is 263 g/mol. The number of nitrogens with one attached hydrogen (secondary N) is 1. The van der Waals surface area contributed by atoms with Crippen molar-refractivity contribution in [3.8, 4) is 0 Å². The van der Waals surface area contributed by atoms with Gasteiger partial charge in [0.2, 0.25) is 5.91 Å². The molecule has 2 atom stereocenters. The third-order valence-electron chi connectivity index (χ3n) is 2.03. The Balaban J connectivity index is 3.60. The van der Waals surface area contributed by atoms with E-state index in [1.807, 2.05) is 6.92 Å². The van der Waals surface area contributed by atoms with Crippen LogP contribution in [-0.2, 0) is 4.79 Å². The van der Waals surface area contributed by atoms with Gasteiger partial charge in [-0.15, -0.1) is 0 Å². The Morgan fingerprint density at radius 2 is 1.86 bits per heavy atom. The van der Waals surface area contributed by atoms with Gasteiger partial charge in [-0.2, -0.15) is 0 Å². The highest BCUT2D eigenvalue weighted by Gasteiger charge is 2.09. The van der Waals surface area contributed by atoms with Gasteiger partial charge in [-0.1, -0.05) is 36.7 Å². The van der Waals surface area contributed by atoms with E-state index in [2.05, 4.69) is 42.0 Å². The van der Waals surface area contributed by atoms with Crippen molar-refractivity contribution in [1.29, 1.82) is 0 Å². The summed E-state index contributed by atoms with van der Waals surface area (Å²) in [6, 6.07) is 0.268. The van der Waals surface area contributed by atoms with Gasteiger partial charge in [0.05, 0.1) is 0 Å². The van der Waals surface area contributed by atoms with Crippen LogP contribution in [-0.4, -0.2) is 16.8 Å². The van der Waals surface area contributed by atoms with E-state index in [9.17, 15) is 4.79 Å². The lowest BCUT2D eigenvalue weighted by molar-refractivity contribution is -0.122. The maximum Gasteiger partial charge on any atom is 0.220 e. The van der Waals surface area contributed by atoms with Crippen molar-refractivity contribution < 1.29 is 4.79 Å². The lowest BCUT2D eigenvalue weighted by atomic mass is 10.1. The van der Waals surface area contributed by atoms with E-state index in [0.717, 1.165) is 12.8 Å². The van der Waals surface area contributed by atoms with Gasteiger partial charge in [0.25, 0.3) is 0 Å². The first kappa shape index (κ1) is 13.9. The first-order chi connectivity index (χ1) is 6.41. The van der Waals surface area contributed by atoms with Crippen LogP contribution in [0.2, 0.25) is 0 Å². The largest absolute Gasteiger partial charge is 0.354 e. The second-order valence-corrected chi connectivity index (χ2v) is 5.98. The standard InChI is InChI=1S/C11H22BrNO/c1-8(2)5-6-11(14)13-10(4)7-9(3)12/h8-10H,5-7H2,1-4H3,(H,13,14). The van der Waals surface area contributed by atoms with Gasteiger partial charge in [0.1, 0.15) is 0 Å². The minimum absolute atomic E-state index is 0.180. The minimum Gasteiger partial charge on any atom is -0.354 e. The van der Waals surface area contributed by atoms with E-state index in [1.165, 1.54) is 0 Å². The van der Waals surface area contributed by atoms with Crippen LogP contribution < -0.4 is 5.32 Å². The molecule has 0 bridgehead atoms. The summed E-state index contributed by atoms with van der Waals surface area (Å²) < 4.78 is 0. The number of halogens is 1. The first-order valence-corrected chi connectivity index (χ1v) is 6.26. The molecule has 0 saturated carbocycles. The molecule has 0 aromatic heterocycles. The number of amides is 1. The summed E-state index contributed by atoms with van der Waals surface area (Å²) in [5.41, 5.74) is 0. The molecule has 0 aliphatic rings. The van der Waals surface area contributed by atoms with E-state index in [1.54, 1.807) is 0 Å². The molecule has 0 aromatic rings. The fraction of sp³-hybridized carbons (Fsp3) is 0.909. The number of hydrogen-bond acceptors (Lipinski definition) is 1. The average molecular weight is 264 g/mol. The molecule has 84 valence electrons. The van der Waals surface area contributed by atoms with E-state index < -0.39 is 0 Å². The van der Waals surface area contributed by atoms with Gasteiger partial charge in [-0.25, -0.2) is 0 Å². The first-order valence-electron chi connectivity index (χ1n) is 5.35. The predicted molar refractivity (Wildman–Crippen MR) is 64.7 cm³/mol. The number of carbonyl (C=O) groups excluding carboxylic acids is 1. The highest BCUT2D eigenvalue weighted by molar-refractivity contribution is 9.09. The summed E-state index contributed by atoms with van der Waals surface area (Å²) in [4.78, 5) is 11.9. The molecule has 0 fully saturated rings. The molecular weight excluding hydrogens is 242 g/mol. The zero-order valence-electron chi connectivity index (χ0n) is 9.64. The molecule has 0 aromatic carbocycles. The second-order valence-electron chi connectivity index (χ2n) is 4.42. The molecule has 0 heterocycles. The van der Waals surface area contributed by atoms with Gasteiger partial charge < -0.3 is 5.32 Å². The molecule has 14 heavy (non-hydrogen) atoms. The normalized spacial score (nSPS) is 15.3. The van der Waals surface area contributed by atoms with Crippen molar-refractivity contribution in [3.05, 3.63) is 0 Å². The maximum absolute atomic E-state index is 11.4. The topological polar surface area (TPSA) is 29.1 Å². The van der Waals surface area contributed by atoms with Crippen molar-refractivity contribution in [2.75, 3.05) is 0 Å². The van der Waals surface area contributed by atoms with Gasteiger partial charge in [-0.05, 0) is 25.7 Å². The fourth-order valence-corrected chi connectivity index (χ4v) is 1.87. The molecule has 0 spiro atoms. The molecule has 0 rings (SSSR count). The highest BCUT2D eigenvalue weighted by atomic mass is 79.9. The molecule has 0 aliphatic heterocycles. The Labute approximate surface area is 96.0 Å². The molecule has 0 aliphatic carbocycles. The van der Waals surface area contributed by atoms with E-state index in [-0.39, 0.29) is 11.9 Å². The molecule has 0 saturated heterocycles. The molecule has 3 heteroatoms. The van der Waals surface area contributed by atoms with Gasteiger partial charge >= 0.3 is 0 Å². The van der Waals surface area contributed by atoms with Crippen LogP contribution in [0.1, 0.15) is 47.0 Å². The summed E-state index contributed by atoms with van der Waals surface area (Å²) in [7, 11) is 0. The Morgan fingerprint density at radius 1 is 1.29 bits per heavy atom. The summed E-state index contributed by atoms with van der Waals surface area (Å²) in [5.74, 6) is 0.783. The van der Waals surface area contributed by atoms with Crippen molar-refractivity contribution in [3.63, 3.8) is 0 Å². The van der Waals surface area contributed by atoms with Crippen molar-refractivity contribution in [2.45, 2.75) is 57.8 Å². The lowest BCUT2D eigenvalue weighted by Crippen LogP contribution is -2.33. The number of rotatable bonds is 6. The van der Waals surface area contributed by atoms with Crippen LogP contribution in [0.3, 0.4) is 0 Å². The Morgan fingerprint density at radius 3 is 2.29 bits per heavy atom. The predicted octanol–water partition coefficient (Wildman–Crippen LogP) is 3.10. The SMILES string of the molecule is CC(C)CCC(=O)NC(C)CC(C)Br. The molecule has 1 amide bonds. The van der Waals surface area contributed by atoms with Crippen molar-refractivity contribution in [2.24, 2.45) is 5.92 Å². The molecule has 1 N–H and O–H groups in total. The van der Waals surface area contributed by atoms with Gasteiger partial charge in [0.15, 0.2) is 0 Å². The van der Waals surface area contributed by atoms with E-state index in [0.29, 0.717) is 17.2 Å². The van der Waals surface area contributed by atoms with Gasteiger partial charge in [-0.3, -0.25) is 4.79 Å². The zero-order valence-corrected chi connectivity index (χ0v) is 11.2. The van der Waals surface area contributed by atoms with Crippen LogP contribution in [0, 0.1) is 5.92 Å². The van der Waals surface area contributed by atoms with Crippen LogP contribution in [0.15, 0.2) is 0 Å². The smallest absolute Gasteiger partial charge is 0.220 e. The third kappa shape index (κ3) is 8.54. The number of alkyl halides is 1. The number of carbonyl (C=O) groups is 1. The van der Waals surface area contributed by atoms with Crippen LogP contribution in [0.25, 0.3) is 0 Å². The van der Waals surface area contributed by atoms with Crippen LogP contribution in [0.4, 0.5) is 0 Å².